The number of amides is 2. The SMILES string of the molecule is CCOC(=O)Oc1ccc(C(=O)Nc2ccccc2CNC(=O)c2ccc(Br)cc2)cc1. The van der Waals surface area contributed by atoms with Crippen molar-refractivity contribution in [3.8, 4) is 5.75 Å². The van der Waals surface area contributed by atoms with Crippen LogP contribution in [0.3, 0.4) is 0 Å². The summed E-state index contributed by atoms with van der Waals surface area (Å²) >= 11 is 3.34. The Morgan fingerprint density at radius 3 is 2.16 bits per heavy atom. The van der Waals surface area contributed by atoms with Gasteiger partial charge in [-0.15, -0.1) is 0 Å². The summed E-state index contributed by atoms with van der Waals surface area (Å²) in [4.78, 5) is 36.4. The van der Waals surface area contributed by atoms with Crippen molar-refractivity contribution < 1.29 is 23.9 Å². The van der Waals surface area contributed by atoms with E-state index in [1.165, 1.54) is 12.1 Å². The summed E-state index contributed by atoms with van der Waals surface area (Å²) in [5, 5.41) is 5.71. The van der Waals surface area contributed by atoms with Crippen molar-refractivity contribution in [1.29, 1.82) is 0 Å². The van der Waals surface area contributed by atoms with Gasteiger partial charge in [-0.2, -0.15) is 0 Å². The van der Waals surface area contributed by atoms with Gasteiger partial charge in [-0.3, -0.25) is 9.59 Å². The highest BCUT2D eigenvalue weighted by Crippen LogP contribution is 2.18. The normalized spacial score (nSPS) is 10.2. The van der Waals surface area contributed by atoms with Crippen LogP contribution in [0.25, 0.3) is 0 Å². The van der Waals surface area contributed by atoms with Crippen molar-refractivity contribution in [2.75, 3.05) is 11.9 Å². The Balaban J connectivity index is 1.62. The Labute approximate surface area is 193 Å². The monoisotopic (exact) mass is 496 g/mol. The summed E-state index contributed by atoms with van der Waals surface area (Å²) in [6, 6.07) is 20.4. The molecule has 0 unspecified atom stereocenters. The van der Waals surface area contributed by atoms with E-state index in [-0.39, 0.29) is 30.7 Å². The zero-order chi connectivity index (χ0) is 22.9. The van der Waals surface area contributed by atoms with E-state index in [0.29, 0.717) is 16.8 Å². The molecule has 0 atom stereocenters. The third kappa shape index (κ3) is 6.42. The van der Waals surface area contributed by atoms with Crippen LogP contribution in [0.15, 0.2) is 77.3 Å². The molecule has 3 aromatic rings. The van der Waals surface area contributed by atoms with E-state index in [1.54, 1.807) is 55.5 Å². The molecular formula is C24H21BrN2O5. The lowest BCUT2D eigenvalue weighted by atomic mass is 10.1. The molecule has 2 N–H and O–H groups in total. The van der Waals surface area contributed by atoms with Crippen LogP contribution >= 0.6 is 15.9 Å². The molecule has 0 aromatic heterocycles. The van der Waals surface area contributed by atoms with Crippen LogP contribution in [-0.2, 0) is 11.3 Å². The van der Waals surface area contributed by atoms with Crippen molar-refractivity contribution >= 4 is 39.6 Å². The van der Waals surface area contributed by atoms with Gasteiger partial charge in [0.1, 0.15) is 5.75 Å². The molecule has 2 amide bonds. The highest BCUT2D eigenvalue weighted by Gasteiger charge is 2.12. The van der Waals surface area contributed by atoms with Gasteiger partial charge < -0.3 is 20.1 Å². The molecule has 0 spiro atoms. The first-order valence-corrected chi connectivity index (χ1v) is 10.6. The van der Waals surface area contributed by atoms with Gasteiger partial charge in [-0.05, 0) is 67.1 Å². The summed E-state index contributed by atoms with van der Waals surface area (Å²) in [6.07, 6.45) is -0.802. The van der Waals surface area contributed by atoms with E-state index in [9.17, 15) is 14.4 Å². The molecule has 8 heteroatoms. The minimum Gasteiger partial charge on any atom is -0.434 e. The lowest BCUT2D eigenvalue weighted by Gasteiger charge is -2.12. The van der Waals surface area contributed by atoms with E-state index >= 15 is 0 Å². The predicted molar refractivity (Wildman–Crippen MR) is 124 cm³/mol. The molecule has 164 valence electrons. The highest BCUT2D eigenvalue weighted by molar-refractivity contribution is 9.10. The van der Waals surface area contributed by atoms with Crippen LogP contribution < -0.4 is 15.4 Å². The number of ether oxygens (including phenoxy) is 2. The quantitative estimate of drug-likeness (QED) is 0.347. The molecule has 32 heavy (non-hydrogen) atoms. The van der Waals surface area contributed by atoms with E-state index < -0.39 is 6.16 Å². The fourth-order valence-corrected chi connectivity index (χ4v) is 3.05. The zero-order valence-corrected chi connectivity index (χ0v) is 18.8. The first-order valence-electron chi connectivity index (χ1n) is 9.84. The molecule has 0 bridgehead atoms. The van der Waals surface area contributed by atoms with E-state index in [0.717, 1.165) is 10.0 Å². The van der Waals surface area contributed by atoms with Gasteiger partial charge in [-0.25, -0.2) is 4.79 Å². The minimum atomic E-state index is -0.802. The number of benzene rings is 3. The topological polar surface area (TPSA) is 93.7 Å². The number of rotatable bonds is 7. The molecule has 0 aliphatic rings. The number of nitrogens with one attached hydrogen (secondary N) is 2. The third-order valence-electron chi connectivity index (χ3n) is 4.39. The summed E-state index contributed by atoms with van der Waals surface area (Å²) in [7, 11) is 0. The van der Waals surface area contributed by atoms with Crippen molar-refractivity contribution in [1.82, 2.24) is 5.32 Å². The molecule has 7 nitrogen and oxygen atoms in total. The van der Waals surface area contributed by atoms with Crippen LogP contribution in [0.2, 0.25) is 0 Å². The largest absolute Gasteiger partial charge is 0.513 e. The maximum absolute atomic E-state index is 12.7. The average Bonchev–Trinajstić information content (AvgIpc) is 2.79. The van der Waals surface area contributed by atoms with E-state index in [2.05, 4.69) is 26.6 Å². The van der Waals surface area contributed by atoms with Gasteiger partial charge >= 0.3 is 6.16 Å². The summed E-state index contributed by atoms with van der Waals surface area (Å²) in [6.45, 7) is 2.14. The number of carbonyl (C=O) groups excluding carboxylic acids is 3. The number of carbonyl (C=O) groups is 3. The maximum Gasteiger partial charge on any atom is 0.513 e. The Bertz CT molecular complexity index is 1100. The molecule has 3 rings (SSSR count). The smallest absolute Gasteiger partial charge is 0.434 e. The van der Waals surface area contributed by atoms with Gasteiger partial charge in [-0.1, -0.05) is 34.1 Å². The van der Waals surface area contributed by atoms with Crippen molar-refractivity contribution in [2.24, 2.45) is 0 Å². The number of para-hydroxylation sites is 1. The molecule has 0 heterocycles. The van der Waals surface area contributed by atoms with Crippen LogP contribution in [-0.4, -0.2) is 24.6 Å². The third-order valence-corrected chi connectivity index (χ3v) is 4.92. The van der Waals surface area contributed by atoms with Crippen molar-refractivity contribution in [3.63, 3.8) is 0 Å². The molecular weight excluding hydrogens is 476 g/mol. The summed E-state index contributed by atoms with van der Waals surface area (Å²) < 4.78 is 10.6. The predicted octanol–water partition coefficient (Wildman–Crippen LogP) is 5.17. The fourth-order valence-electron chi connectivity index (χ4n) is 2.79. The number of halogens is 1. The van der Waals surface area contributed by atoms with Crippen LogP contribution in [0.1, 0.15) is 33.2 Å². The standard InChI is InChI=1S/C24H21BrN2O5/c1-2-31-24(30)32-20-13-9-17(10-14-20)23(29)27-21-6-4-3-5-18(21)15-26-22(28)16-7-11-19(25)12-8-16/h3-14H,2,15H2,1H3,(H,26,28)(H,27,29). The van der Waals surface area contributed by atoms with E-state index in [4.69, 9.17) is 9.47 Å². The lowest BCUT2D eigenvalue weighted by molar-refractivity contribution is 0.0949. The Morgan fingerprint density at radius 1 is 0.844 bits per heavy atom. The Hall–Kier alpha value is -3.65. The molecule has 0 saturated carbocycles. The molecule has 3 aromatic carbocycles. The van der Waals surface area contributed by atoms with Gasteiger partial charge in [0.2, 0.25) is 0 Å². The zero-order valence-electron chi connectivity index (χ0n) is 17.3. The second kappa shape index (κ2) is 11.1. The van der Waals surface area contributed by atoms with Crippen LogP contribution in [0.4, 0.5) is 10.5 Å². The lowest BCUT2D eigenvalue weighted by Crippen LogP contribution is -2.23. The molecule has 0 aliphatic heterocycles. The van der Waals surface area contributed by atoms with Gasteiger partial charge in [0.05, 0.1) is 6.61 Å². The van der Waals surface area contributed by atoms with Crippen molar-refractivity contribution in [3.05, 3.63) is 94.0 Å². The van der Waals surface area contributed by atoms with Crippen LogP contribution in [0, 0.1) is 0 Å². The van der Waals surface area contributed by atoms with E-state index in [1.807, 2.05) is 12.1 Å². The number of hydrogen-bond donors (Lipinski definition) is 2. The number of anilines is 1. The maximum atomic E-state index is 12.7. The Kier molecular flexibility index (Phi) is 7.99. The van der Waals surface area contributed by atoms with Gasteiger partial charge in [0.15, 0.2) is 0 Å². The summed E-state index contributed by atoms with van der Waals surface area (Å²) in [5.74, 6) is -0.272. The average molecular weight is 497 g/mol. The molecule has 0 radical (unpaired) electrons. The molecule has 0 aliphatic carbocycles. The highest BCUT2D eigenvalue weighted by atomic mass is 79.9. The first kappa shape index (κ1) is 23.0. The summed E-state index contributed by atoms with van der Waals surface area (Å²) in [5.41, 5.74) is 2.27. The Morgan fingerprint density at radius 2 is 1.47 bits per heavy atom. The molecule has 0 fully saturated rings. The van der Waals surface area contributed by atoms with Crippen molar-refractivity contribution in [2.45, 2.75) is 13.5 Å². The van der Waals surface area contributed by atoms with Crippen LogP contribution in [0.5, 0.6) is 5.75 Å². The fraction of sp³-hybridized carbons (Fsp3) is 0.125. The minimum absolute atomic E-state index is 0.211. The first-order chi connectivity index (χ1) is 15.5. The van der Waals surface area contributed by atoms with Gasteiger partial charge in [0.25, 0.3) is 11.8 Å². The van der Waals surface area contributed by atoms with Gasteiger partial charge in [0, 0.05) is 27.8 Å². The molecule has 0 saturated heterocycles. The second-order valence-electron chi connectivity index (χ2n) is 6.61. The second-order valence-corrected chi connectivity index (χ2v) is 7.53. The number of hydrogen-bond acceptors (Lipinski definition) is 5.